The van der Waals surface area contributed by atoms with Crippen LogP contribution < -0.4 is 0 Å². The molecule has 32 heavy (non-hydrogen) atoms. The van der Waals surface area contributed by atoms with Crippen LogP contribution in [0, 0.1) is 17.2 Å². The van der Waals surface area contributed by atoms with Gasteiger partial charge in [-0.05, 0) is 43.2 Å². The maximum atomic E-state index is 13.8. The van der Waals surface area contributed by atoms with Gasteiger partial charge in [0.15, 0.2) is 5.78 Å². The predicted molar refractivity (Wildman–Crippen MR) is 128 cm³/mol. The Morgan fingerprint density at radius 1 is 1.19 bits per heavy atom. The molecule has 2 aliphatic carbocycles. The third-order valence-corrected chi connectivity index (χ3v) is 7.89. The molecule has 2 aromatic rings. The number of nitrogens with one attached hydrogen (secondary N) is 1. The van der Waals surface area contributed by atoms with Crippen molar-refractivity contribution in [1.29, 1.82) is 5.26 Å². The first-order valence-corrected chi connectivity index (χ1v) is 11.9. The van der Waals surface area contributed by atoms with Gasteiger partial charge in [0.05, 0.1) is 17.2 Å². The van der Waals surface area contributed by atoms with Crippen LogP contribution in [0.25, 0.3) is 10.9 Å². The van der Waals surface area contributed by atoms with Gasteiger partial charge in [-0.3, -0.25) is 4.79 Å². The number of carbonyl (C=O) groups is 1. The van der Waals surface area contributed by atoms with Gasteiger partial charge in [0.2, 0.25) is 0 Å². The number of ketones is 1. The number of Topliss-reactive ketones (excluding diaryl/α,β-unsaturated/α-hetero) is 1. The van der Waals surface area contributed by atoms with Crippen molar-refractivity contribution in [3.05, 3.63) is 57.9 Å². The molecule has 0 radical (unpaired) electrons. The smallest absolute Gasteiger partial charge is 0.191 e. The summed E-state index contributed by atoms with van der Waals surface area (Å²) in [4.78, 5) is 22.4. The van der Waals surface area contributed by atoms with Crippen molar-refractivity contribution >= 4 is 16.7 Å². The molecule has 1 saturated heterocycles. The molecule has 0 amide bonds. The number of aromatic nitrogens is 1. The maximum Gasteiger partial charge on any atom is 0.191 e. The molecule has 2 heterocycles. The molecule has 0 saturated carbocycles. The quantitative estimate of drug-likeness (QED) is 0.765. The average Bonchev–Trinajstić information content (AvgIpc) is 3.22. The van der Waals surface area contributed by atoms with E-state index in [-0.39, 0.29) is 11.2 Å². The summed E-state index contributed by atoms with van der Waals surface area (Å²) >= 11 is 0. The number of H-pyrrole nitrogens is 1. The number of benzene rings is 1. The molecule has 5 rings (SSSR count). The number of piperazine rings is 1. The lowest BCUT2D eigenvalue weighted by Crippen LogP contribution is -2.47. The van der Waals surface area contributed by atoms with E-state index < -0.39 is 0 Å². The third-order valence-electron chi connectivity index (χ3n) is 7.89. The molecular weight excluding hydrogens is 396 g/mol. The zero-order valence-corrected chi connectivity index (χ0v) is 19.6. The van der Waals surface area contributed by atoms with Crippen molar-refractivity contribution in [2.45, 2.75) is 46.0 Å². The van der Waals surface area contributed by atoms with E-state index in [0.717, 1.165) is 73.3 Å². The summed E-state index contributed by atoms with van der Waals surface area (Å²) in [6.07, 6.45) is 4.20. The Morgan fingerprint density at radius 3 is 2.59 bits per heavy atom. The number of hydrogen-bond acceptors (Lipinski definition) is 4. The van der Waals surface area contributed by atoms with Gasteiger partial charge in [-0.15, -0.1) is 0 Å². The molecule has 1 aliphatic heterocycles. The van der Waals surface area contributed by atoms with Gasteiger partial charge < -0.3 is 14.8 Å². The van der Waals surface area contributed by atoms with Crippen molar-refractivity contribution < 1.29 is 4.79 Å². The Labute approximate surface area is 190 Å². The molecule has 0 spiro atoms. The van der Waals surface area contributed by atoms with Crippen LogP contribution in [0.1, 0.15) is 62.2 Å². The molecule has 1 fully saturated rings. The van der Waals surface area contributed by atoms with Gasteiger partial charge in [-0.2, -0.15) is 5.26 Å². The normalized spacial score (nSPS) is 23.1. The highest BCUT2D eigenvalue weighted by Crippen LogP contribution is 2.49. The second kappa shape index (κ2) is 7.64. The summed E-state index contributed by atoms with van der Waals surface area (Å²) in [5, 5.41) is 10.2. The third kappa shape index (κ3) is 3.04. The van der Waals surface area contributed by atoms with Gasteiger partial charge in [-0.1, -0.05) is 33.8 Å². The molecule has 1 aromatic carbocycles. The van der Waals surface area contributed by atoms with Crippen molar-refractivity contribution in [2.24, 2.45) is 5.92 Å². The first-order valence-electron chi connectivity index (χ1n) is 11.9. The lowest BCUT2D eigenvalue weighted by Gasteiger charge is -2.43. The first kappa shape index (κ1) is 21.0. The molecule has 1 N–H and O–H groups in total. The zero-order chi connectivity index (χ0) is 22.6. The average molecular weight is 429 g/mol. The number of aromatic amines is 1. The zero-order valence-electron chi connectivity index (χ0n) is 19.6. The van der Waals surface area contributed by atoms with Crippen LogP contribution in [-0.2, 0) is 5.41 Å². The second-order valence-corrected chi connectivity index (χ2v) is 9.89. The number of rotatable bonds is 3. The Hall–Kier alpha value is -2.84. The first-order chi connectivity index (χ1) is 15.4. The van der Waals surface area contributed by atoms with E-state index in [1.807, 2.05) is 18.2 Å². The standard InChI is InChI=1S/C27H32N4O/c1-5-18-14-20-21(15-23(18)31-11-9-30(6-2)10-12-31)27(3,4)26-24(25(20)32)19-8-7-17(16-28)13-22(19)29-26/h7-8,13,15,18,29H,5-6,9-12,14H2,1-4H3. The van der Waals surface area contributed by atoms with E-state index in [2.05, 4.69) is 54.6 Å². The van der Waals surface area contributed by atoms with E-state index >= 15 is 0 Å². The number of likely N-dealkylation sites (N-methyl/N-ethyl adjacent to an activating group) is 1. The van der Waals surface area contributed by atoms with E-state index in [1.54, 1.807) is 0 Å². The Bertz CT molecular complexity index is 1200. The lowest BCUT2D eigenvalue weighted by atomic mass is 9.66. The number of fused-ring (bicyclic) bond motifs is 3. The second-order valence-electron chi connectivity index (χ2n) is 9.89. The predicted octanol–water partition coefficient (Wildman–Crippen LogP) is 4.76. The fraction of sp³-hybridized carbons (Fsp3) is 0.481. The van der Waals surface area contributed by atoms with Crippen molar-refractivity contribution in [3.63, 3.8) is 0 Å². The highest BCUT2D eigenvalue weighted by atomic mass is 16.1. The van der Waals surface area contributed by atoms with Crippen LogP contribution in [0.5, 0.6) is 0 Å². The van der Waals surface area contributed by atoms with Gasteiger partial charge in [-0.25, -0.2) is 0 Å². The summed E-state index contributed by atoms with van der Waals surface area (Å²) in [5.41, 5.74) is 6.54. The Balaban J connectivity index is 1.60. The molecule has 5 heteroatoms. The molecule has 1 unspecified atom stereocenters. The summed E-state index contributed by atoms with van der Waals surface area (Å²) in [6, 6.07) is 7.81. The van der Waals surface area contributed by atoms with Crippen molar-refractivity contribution in [1.82, 2.24) is 14.8 Å². The van der Waals surface area contributed by atoms with Crippen LogP contribution in [-0.4, -0.2) is 53.3 Å². The highest BCUT2D eigenvalue weighted by Gasteiger charge is 2.43. The number of nitrogens with zero attached hydrogens (tertiary/aromatic N) is 3. The number of carbonyl (C=O) groups excluding carboxylic acids is 1. The SMILES string of the molecule is CCC1CC2=C(C=C1N1CCN(CC)CC1)C(C)(C)c1[nH]c3cc(C#N)ccc3c1C2=O. The summed E-state index contributed by atoms with van der Waals surface area (Å²) < 4.78 is 0. The molecule has 3 aliphatic rings. The number of nitriles is 1. The van der Waals surface area contributed by atoms with Gasteiger partial charge in [0.25, 0.3) is 0 Å². The van der Waals surface area contributed by atoms with E-state index in [0.29, 0.717) is 11.5 Å². The largest absolute Gasteiger partial charge is 0.372 e. The molecular formula is C27H32N4O. The minimum absolute atomic E-state index is 0.162. The maximum absolute atomic E-state index is 13.8. The van der Waals surface area contributed by atoms with E-state index in [9.17, 15) is 10.1 Å². The van der Waals surface area contributed by atoms with Crippen molar-refractivity contribution in [3.8, 4) is 6.07 Å². The minimum atomic E-state index is -0.292. The highest BCUT2D eigenvalue weighted by molar-refractivity contribution is 6.19. The van der Waals surface area contributed by atoms with E-state index in [4.69, 9.17) is 0 Å². The minimum Gasteiger partial charge on any atom is -0.372 e. The topological polar surface area (TPSA) is 63.1 Å². The summed E-state index contributed by atoms with van der Waals surface area (Å²) in [5.74, 6) is 0.549. The van der Waals surface area contributed by atoms with Crippen LogP contribution in [0.15, 0.2) is 41.1 Å². The van der Waals surface area contributed by atoms with Gasteiger partial charge in [0.1, 0.15) is 0 Å². The summed E-state index contributed by atoms with van der Waals surface area (Å²) in [6.45, 7) is 14.4. The monoisotopic (exact) mass is 428 g/mol. The summed E-state index contributed by atoms with van der Waals surface area (Å²) in [7, 11) is 0. The van der Waals surface area contributed by atoms with Crippen LogP contribution in [0.2, 0.25) is 0 Å². The van der Waals surface area contributed by atoms with E-state index in [1.165, 1.54) is 11.3 Å². The van der Waals surface area contributed by atoms with Gasteiger partial charge in [0, 0.05) is 65.4 Å². The Morgan fingerprint density at radius 2 is 1.94 bits per heavy atom. The number of allylic oxidation sites excluding steroid dienone is 4. The Kier molecular flexibility index (Phi) is 5.02. The molecule has 0 bridgehead atoms. The van der Waals surface area contributed by atoms with Crippen LogP contribution in [0.4, 0.5) is 0 Å². The molecule has 1 atom stereocenters. The molecule has 5 nitrogen and oxygen atoms in total. The van der Waals surface area contributed by atoms with Crippen molar-refractivity contribution in [2.75, 3.05) is 32.7 Å². The lowest BCUT2D eigenvalue weighted by molar-refractivity contribution is 0.101. The molecule has 166 valence electrons. The van der Waals surface area contributed by atoms with Crippen LogP contribution >= 0.6 is 0 Å². The number of hydrogen-bond donors (Lipinski definition) is 1. The van der Waals surface area contributed by atoms with Crippen LogP contribution in [0.3, 0.4) is 0 Å². The van der Waals surface area contributed by atoms with Gasteiger partial charge >= 0.3 is 0 Å². The fourth-order valence-corrected chi connectivity index (χ4v) is 5.87. The molecule has 1 aromatic heterocycles. The fourth-order valence-electron chi connectivity index (χ4n) is 5.87.